The van der Waals surface area contributed by atoms with Gasteiger partial charge in [0.2, 0.25) is 0 Å². The van der Waals surface area contributed by atoms with E-state index in [2.05, 4.69) is 22.8 Å². The van der Waals surface area contributed by atoms with Crippen LogP contribution < -0.4 is 0 Å². The summed E-state index contributed by atoms with van der Waals surface area (Å²) >= 11 is 0. The first kappa shape index (κ1) is 19.1. The molecule has 0 spiro atoms. The first-order valence-electron chi connectivity index (χ1n) is 11.9. The number of hydrogen-bond donors (Lipinski definition) is 0. The van der Waals surface area contributed by atoms with Gasteiger partial charge in [0.15, 0.2) is 0 Å². The molecule has 0 N–H and O–H groups in total. The molecule has 0 radical (unpaired) electrons. The second-order valence-electron chi connectivity index (χ2n) is 9.54. The number of benzene rings is 2. The maximum Gasteiger partial charge on any atom is 0.254 e. The van der Waals surface area contributed by atoms with Gasteiger partial charge in [0.25, 0.3) is 5.91 Å². The molecule has 1 atom stereocenters. The molecule has 1 fully saturated rings. The summed E-state index contributed by atoms with van der Waals surface area (Å²) in [6, 6.07) is 13.4. The Morgan fingerprint density at radius 1 is 0.935 bits per heavy atom. The molecule has 1 aromatic heterocycles. The van der Waals surface area contributed by atoms with Crippen LogP contribution in [-0.4, -0.2) is 21.9 Å². The zero-order valence-corrected chi connectivity index (χ0v) is 17.9. The summed E-state index contributed by atoms with van der Waals surface area (Å²) in [5, 5.41) is 1.41. The molecule has 160 valence electrons. The fraction of sp³-hybridized carbons (Fsp3) is 0.444. The second kappa shape index (κ2) is 7.51. The monoisotopic (exact) mass is 416 g/mol. The third kappa shape index (κ3) is 3.10. The van der Waals surface area contributed by atoms with Crippen LogP contribution in [0.3, 0.4) is 0 Å². The van der Waals surface area contributed by atoms with E-state index in [0.717, 1.165) is 25.8 Å². The highest BCUT2D eigenvalue weighted by Gasteiger charge is 2.37. The van der Waals surface area contributed by atoms with Crippen LogP contribution in [0.25, 0.3) is 10.9 Å². The molecule has 0 saturated heterocycles. The summed E-state index contributed by atoms with van der Waals surface area (Å²) in [6.07, 6.45) is 9.87. The van der Waals surface area contributed by atoms with Crippen LogP contribution in [0.2, 0.25) is 0 Å². The zero-order valence-electron chi connectivity index (χ0n) is 17.9. The molecule has 31 heavy (non-hydrogen) atoms. The van der Waals surface area contributed by atoms with Gasteiger partial charge in [-0.25, -0.2) is 4.39 Å². The predicted octanol–water partition coefficient (Wildman–Crippen LogP) is 6.36. The minimum Gasteiger partial charge on any atom is -0.341 e. The van der Waals surface area contributed by atoms with E-state index in [0.29, 0.717) is 18.0 Å². The van der Waals surface area contributed by atoms with Crippen LogP contribution in [0.4, 0.5) is 4.39 Å². The first-order chi connectivity index (χ1) is 15.2. The molecule has 3 aliphatic rings. The predicted molar refractivity (Wildman–Crippen MR) is 121 cm³/mol. The number of amides is 1. The van der Waals surface area contributed by atoms with Gasteiger partial charge in [-0.1, -0.05) is 31.4 Å². The average molecular weight is 417 g/mol. The molecule has 4 heteroatoms. The molecule has 3 aromatic rings. The zero-order chi connectivity index (χ0) is 20.9. The number of carbonyl (C=O) groups excluding carboxylic acids is 1. The summed E-state index contributed by atoms with van der Waals surface area (Å²) in [7, 11) is 0. The quantitative estimate of drug-likeness (QED) is 0.477. The highest BCUT2D eigenvalue weighted by Crippen LogP contribution is 2.44. The molecule has 3 nitrogen and oxygen atoms in total. The van der Waals surface area contributed by atoms with Crippen molar-refractivity contribution in [3.63, 3.8) is 0 Å². The Hall–Kier alpha value is -2.62. The standard InChI is InChI=1S/C27H29FN2O/c28-21-9-4-8-20(16-21)27(31)30-15-14-29-24-13-12-19(18-6-2-1-3-7-18)17-23(24)22-10-5-11-25(30)26(22)29/h4,8-9,12-13,16-18,25H,1-3,5-7,10-11,14-15H2. The Balaban J connectivity index is 1.41. The molecule has 2 heterocycles. The number of rotatable bonds is 2. The SMILES string of the molecule is O=C(c1cccc(F)c1)N1CCn2c3c(c4cc(C5CCCCC5)ccc42)CCCC31. The highest BCUT2D eigenvalue weighted by molar-refractivity contribution is 5.95. The minimum atomic E-state index is -0.350. The summed E-state index contributed by atoms with van der Waals surface area (Å²) in [4.78, 5) is 15.3. The van der Waals surface area contributed by atoms with Crippen LogP contribution >= 0.6 is 0 Å². The van der Waals surface area contributed by atoms with Gasteiger partial charge >= 0.3 is 0 Å². The van der Waals surface area contributed by atoms with Crippen molar-refractivity contribution in [3.8, 4) is 0 Å². The van der Waals surface area contributed by atoms with Crippen molar-refractivity contribution in [2.24, 2.45) is 0 Å². The third-order valence-corrected chi connectivity index (χ3v) is 7.81. The van der Waals surface area contributed by atoms with E-state index in [1.54, 1.807) is 12.1 Å². The molecule has 2 aromatic carbocycles. The van der Waals surface area contributed by atoms with E-state index in [-0.39, 0.29) is 17.8 Å². The summed E-state index contributed by atoms with van der Waals surface area (Å²) in [5.41, 5.74) is 6.06. The molecular formula is C27H29FN2O. The van der Waals surface area contributed by atoms with Crippen molar-refractivity contribution in [1.29, 1.82) is 0 Å². The Bertz CT molecular complexity index is 1160. The topological polar surface area (TPSA) is 25.2 Å². The van der Waals surface area contributed by atoms with E-state index in [4.69, 9.17) is 0 Å². The number of carbonyl (C=O) groups is 1. The van der Waals surface area contributed by atoms with Crippen molar-refractivity contribution in [1.82, 2.24) is 9.47 Å². The van der Waals surface area contributed by atoms with E-state index in [1.165, 1.54) is 72.0 Å². The third-order valence-electron chi connectivity index (χ3n) is 7.81. The van der Waals surface area contributed by atoms with Crippen LogP contribution in [-0.2, 0) is 13.0 Å². The van der Waals surface area contributed by atoms with Gasteiger partial charge in [-0.3, -0.25) is 4.79 Å². The van der Waals surface area contributed by atoms with Crippen LogP contribution in [0.1, 0.15) is 84.1 Å². The maximum absolute atomic E-state index is 13.7. The van der Waals surface area contributed by atoms with Gasteiger partial charge in [0, 0.05) is 35.2 Å². The Morgan fingerprint density at radius 3 is 2.65 bits per heavy atom. The van der Waals surface area contributed by atoms with Gasteiger partial charge in [0.1, 0.15) is 5.82 Å². The Labute approximate surface area is 182 Å². The maximum atomic E-state index is 13.7. The van der Waals surface area contributed by atoms with Gasteiger partial charge in [0.05, 0.1) is 6.04 Å². The number of nitrogens with zero attached hydrogens (tertiary/aromatic N) is 2. The lowest BCUT2D eigenvalue weighted by atomic mass is 9.83. The highest BCUT2D eigenvalue weighted by atomic mass is 19.1. The van der Waals surface area contributed by atoms with Crippen molar-refractivity contribution in [2.45, 2.75) is 69.9 Å². The lowest BCUT2D eigenvalue weighted by Gasteiger charge is -2.40. The number of aromatic nitrogens is 1. The lowest BCUT2D eigenvalue weighted by Crippen LogP contribution is -2.43. The van der Waals surface area contributed by atoms with E-state index in [1.807, 2.05) is 4.90 Å². The van der Waals surface area contributed by atoms with Crippen molar-refractivity contribution < 1.29 is 9.18 Å². The van der Waals surface area contributed by atoms with Gasteiger partial charge in [-0.15, -0.1) is 0 Å². The van der Waals surface area contributed by atoms with Crippen LogP contribution in [0.5, 0.6) is 0 Å². The summed E-state index contributed by atoms with van der Waals surface area (Å²) in [5.74, 6) is 0.306. The van der Waals surface area contributed by atoms with Crippen molar-refractivity contribution in [3.05, 3.63) is 70.7 Å². The average Bonchev–Trinajstić information content (AvgIpc) is 3.14. The fourth-order valence-corrected chi connectivity index (χ4v) is 6.34. The second-order valence-corrected chi connectivity index (χ2v) is 9.54. The summed E-state index contributed by atoms with van der Waals surface area (Å²) in [6.45, 7) is 1.49. The molecule has 1 saturated carbocycles. The van der Waals surface area contributed by atoms with Gasteiger partial charge in [-0.2, -0.15) is 0 Å². The number of hydrogen-bond acceptors (Lipinski definition) is 1. The van der Waals surface area contributed by atoms with Gasteiger partial charge in [-0.05, 0) is 79.5 Å². The van der Waals surface area contributed by atoms with E-state index >= 15 is 0 Å². The number of aryl methyl sites for hydroxylation is 1. The van der Waals surface area contributed by atoms with Crippen molar-refractivity contribution in [2.75, 3.05) is 6.54 Å². The Morgan fingerprint density at radius 2 is 1.81 bits per heavy atom. The van der Waals surface area contributed by atoms with E-state index in [9.17, 15) is 9.18 Å². The fourth-order valence-electron chi connectivity index (χ4n) is 6.34. The molecule has 1 aliphatic heterocycles. The minimum absolute atomic E-state index is 0.0447. The van der Waals surface area contributed by atoms with Crippen LogP contribution in [0, 0.1) is 5.82 Å². The number of fused-ring (bicyclic) bond motifs is 3. The molecular weight excluding hydrogens is 387 g/mol. The molecule has 6 rings (SSSR count). The van der Waals surface area contributed by atoms with Crippen LogP contribution in [0.15, 0.2) is 42.5 Å². The molecule has 2 aliphatic carbocycles. The molecule has 1 unspecified atom stereocenters. The van der Waals surface area contributed by atoms with Crippen molar-refractivity contribution >= 4 is 16.8 Å². The molecule has 0 bridgehead atoms. The lowest BCUT2D eigenvalue weighted by molar-refractivity contribution is 0.0600. The van der Waals surface area contributed by atoms with E-state index < -0.39 is 0 Å². The molecule has 1 amide bonds. The number of halogens is 1. The smallest absolute Gasteiger partial charge is 0.254 e. The summed E-state index contributed by atoms with van der Waals surface area (Å²) < 4.78 is 16.2. The first-order valence-corrected chi connectivity index (χ1v) is 11.9. The normalized spacial score (nSPS) is 21.3. The largest absolute Gasteiger partial charge is 0.341 e. The van der Waals surface area contributed by atoms with Gasteiger partial charge < -0.3 is 9.47 Å². The Kier molecular flexibility index (Phi) is 4.62.